The highest BCUT2D eigenvalue weighted by Crippen LogP contribution is 2.15. The number of carbonyl (C=O) groups excluding carboxylic acids is 1. The lowest BCUT2D eigenvalue weighted by Gasteiger charge is -2.15. The number of amides is 1. The van der Waals surface area contributed by atoms with Crippen LogP contribution in [0.1, 0.15) is 18.7 Å². The minimum Gasteiger partial charge on any atom is -0.324 e. The molecule has 5 nitrogen and oxygen atoms in total. The second kappa shape index (κ2) is 6.04. The van der Waals surface area contributed by atoms with E-state index in [0.717, 1.165) is 11.1 Å². The summed E-state index contributed by atoms with van der Waals surface area (Å²) >= 11 is 0. The highest BCUT2D eigenvalue weighted by molar-refractivity contribution is 5.93. The Labute approximate surface area is 133 Å². The fourth-order valence-corrected chi connectivity index (χ4v) is 2.51. The third-order valence-corrected chi connectivity index (χ3v) is 3.80. The quantitative estimate of drug-likeness (QED) is 0.809. The van der Waals surface area contributed by atoms with Crippen LogP contribution in [-0.2, 0) is 4.79 Å². The molecule has 5 heteroatoms. The maximum absolute atomic E-state index is 12.6. The van der Waals surface area contributed by atoms with Crippen molar-refractivity contribution < 1.29 is 4.79 Å². The summed E-state index contributed by atoms with van der Waals surface area (Å²) in [4.78, 5) is 25.0. The molecule has 3 aromatic rings. The summed E-state index contributed by atoms with van der Waals surface area (Å²) in [5, 5.41) is 8.48. The molecular weight excluding hydrogens is 290 g/mol. The fraction of sp³-hybridized carbons (Fsp3) is 0.167. The lowest BCUT2D eigenvalue weighted by Crippen LogP contribution is -2.34. The molecule has 2 aromatic carbocycles. The van der Waals surface area contributed by atoms with Crippen LogP contribution in [0.3, 0.4) is 0 Å². The van der Waals surface area contributed by atoms with Gasteiger partial charge < -0.3 is 5.32 Å². The third-order valence-electron chi connectivity index (χ3n) is 3.80. The molecule has 0 aliphatic carbocycles. The molecule has 0 bridgehead atoms. The van der Waals surface area contributed by atoms with Crippen molar-refractivity contribution in [3.05, 3.63) is 70.6 Å². The van der Waals surface area contributed by atoms with Gasteiger partial charge in [0.1, 0.15) is 6.04 Å². The number of carbonyl (C=O) groups is 1. The summed E-state index contributed by atoms with van der Waals surface area (Å²) in [6.45, 7) is 3.50. The second-order valence-corrected chi connectivity index (χ2v) is 5.41. The first kappa shape index (κ1) is 15.0. The molecule has 0 saturated heterocycles. The second-order valence-electron chi connectivity index (χ2n) is 5.41. The molecule has 0 aliphatic heterocycles. The predicted molar refractivity (Wildman–Crippen MR) is 90.5 cm³/mol. The zero-order valence-corrected chi connectivity index (χ0v) is 13.0. The van der Waals surface area contributed by atoms with Gasteiger partial charge in [0.15, 0.2) is 0 Å². The van der Waals surface area contributed by atoms with Crippen LogP contribution in [0.4, 0.5) is 5.69 Å². The van der Waals surface area contributed by atoms with Gasteiger partial charge in [0.2, 0.25) is 5.91 Å². The average molecular weight is 307 g/mol. The molecule has 1 atom stereocenters. The average Bonchev–Trinajstić information content (AvgIpc) is 2.58. The van der Waals surface area contributed by atoms with Crippen LogP contribution in [0.25, 0.3) is 10.8 Å². The van der Waals surface area contributed by atoms with E-state index in [1.165, 1.54) is 4.68 Å². The first-order valence-electron chi connectivity index (χ1n) is 7.42. The van der Waals surface area contributed by atoms with Crippen molar-refractivity contribution in [2.45, 2.75) is 19.9 Å². The smallest absolute Gasteiger partial charge is 0.275 e. The zero-order chi connectivity index (χ0) is 16.4. The number of aryl methyl sites for hydroxylation is 1. The molecule has 0 fully saturated rings. The summed E-state index contributed by atoms with van der Waals surface area (Å²) in [5.41, 5.74) is 1.15. The summed E-state index contributed by atoms with van der Waals surface area (Å²) in [5.74, 6) is -0.277. The summed E-state index contributed by atoms with van der Waals surface area (Å²) in [6.07, 6.45) is 0. The maximum Gasteiger partial charge on any atom is 0.275 e. The van der Waals surface area contributed by atoms with Gasteiger partial charge in [0, 0.05) is 11.1 Å². The fourth-order valence-electron chi connectivity index (χ4n) is 2.51. The van der Waals surface area contributed by atoms with Crippen LogP contribution in [0, 0.1) is 6.92 Å². The molecule has 0 radical (unpaired) electrons. The molecule has 1 N–H and O–H groups in total. The lowest BCUT2D eigenvalue weighted by molar-refractivity contribution is -0.119. The number of benzene rings is 2. The SMILES string of the molecule is Cc1nn([C@H](C)C(=O)Nc2ccccc2)c(=O)c2ccccc12. The number of rotatable bonds is 3. The van der Waals surface area contributed by atoms with Gasteiger partial charge in [-0.1, -0.05) is 36.4 Å². The molecule has 0 saturated carbocycles. The van der Waals surface area contributed by atoms with Crippen molar-refractivity contribution in [2.75, 3.05) is 5.32 Å². The van der Waals surface area contributed by atoms with Crippen molar-refractivity contribution >= 4 is 22.4 Å². The van der Waals surface area contributed by atoms with E-state index in [2.05, 4.69) is 10.4 Å². The number of anilines is 1. The largest absolute Gasteiger partial charge is 0.324 e. The van der Waals surface area contributed by atoms with E-state index in [4.69, 9.17) is 0 Å². The minimum atomic E-state index is -0.703. The van der Waals surface area contributed by atoms with Crippen LogP contribution >= 0.6 is 0 Å². The Bertz CT molecular complexity index is 916. The van der Waals surface area contributed by atoms with Gasteiger partial charge in [-0.05, 0) is 32.0 Å². The molecule has 1 heterocycles. The third kappa shape index (κ3) is 2.85. The van der Waals surface area contributed by atoms with Gasteiger partial charge in [-0.25, -0.2) is 4.68 Å². The number of hydrogen-bond donors (Lipinski definition) is 1. The van der Waals surface area contributed by atoms with Gasteiger partial charge >= 0.3 is 0 Å². The van der Waals surface area contributed by atoms with Crippen molar-refractivity contribution in [2.24, 2.45) is 0 Å². The summed E-state index contributed by atoms with van der Waals surface area (Å²) in [7, 11) is 0. The Morgan fingerprint density at radius 2 is 1.65 bits per heavy atom. The van der Waals surface area contributed by atoms with E-state index in [1.807, 2.05) is 43.3 Å². The van der Waals surface area contributed by atoms with E-state index in [0.29, 0.717) is 11.1 Å². The predicted octanol–water partition coefficient (Wildman–Crippen LogP) is 2.90. The number of nitrogens with zero attached hydrogens (tertiary/aromatic N) is 2. The Balaban J connectivity index is 1.98. The van der Waals surface area contributed by atoms with Crippen LogP contribution in [-0.4, -0.2) is 15.7 Å². The van der Waals surface area contributed by atoms with Gasteiger partial charge in [-0.2, -0.15) is 5.10 Å². The van der Waals surface area contributed by atoms with Crippen LogP contribution < -0.4 is 10.9 Å². The molecule has 23 heavy (non-hydrogen) atoms. The van der Waals surface area contributed by atoms with E-state index in [-0.39, 0.29) is 11.5 Å². The molecule has 116 valence electrons. The molecule has 0 aliphatic rings. The highest BCUT2D eigenvalue weighted by Gasteiger charge is 2.19. The Morgan fingerprint density at radius 3 is 2.35 bits per heavy atom. The van der Waals surface area contributed by atoms with Gasteiger partial charge in [0.25, 0.3) is 5.56 Å². The highest BCUT2D eigenvalue weighted by atomic mass is 16.2. The lowest BCUT2D eigenvalue weighted by atomic mass is 10.1. The number of aromatic nitrogens is 2. The number of nitrogens with one attached hydrogen (secondary N) is 1. The zero-order valence-electron chi connectivity index (χ0n) is 13.0. The van der Waals surface area contributed by atoms with Crippen molar-refractivity contribution in [3.63, 3.8) is 0 Å². The van der Waals surface area contributed by atoms with Crippen LogP contribution in [0.5, 0.6) is 0 Å². The van der Waals surface area contributed by atoms with Crippen molar-refractivity contribution in [1.29, 1.82) is 0 Å². The van der Waals surface area contributed by atoms with Gasteiger partial charge in [0.05, 0.1) is 11.1 Å². The van der Waals surface area contributed by atoms with Crippen LogP contribution in [0.15, 0.2) is 59.4 Å². The number of para-hydroxylation sites is 1. The van der Waals surface area contributed by atoms with E-state index in [1.54, 1.807) is 25.1 Å². The summed E-state index contributed by atoms with van der Waals surface area (Å²) < 4.78 is 1.25. The molecule has 0 unspecified atom stereocenters. The first-order chi connectivity index (χ1) is 11.1. The topological polar surface area (TPSA) is 64.0 Å². The van der Waals surface area contributed by atoms with Crippen LogP contribution in [0.2, 0.25) is 0 Å². The standard InChI is InChI=1S/C18H17N3O2/c1-12-15-10-6-7-11-16(15)18(23)21(20-12)13(2)17(22)19-14-8-4-3-5-9-14/h3-11,13H,1-2H3,(H,19,22)/t13-/m1/s1. The Kier molecular flexibility index (Phi) is 3.93. The molecule has 0 spiro atoms. The Morgan fingerprint density at radius 1 is 1.04 bits per heavy atom. The summed E-state index contributed by atoms with van der Waals surface area (Å²) in [6, 6.07) is 15.7. The van der Waals surface area contributed by atoms with E-state index < -0.39 is 6.04 Å². The number of fused-ring (bicyclic) bond motifs is 1. The molecule has 3 rings (SSSR count). The monoisotopic (exact) mass is 307 g/mol. The molecule has 1 amide bonds. The van der Waals surface area contributed by atoms with Gasteiger partial charge in [-0.3, -0.25) is 9.59 Å². The van der Waals surface area contributed by atoms with E-state index >= 15 is 0 Å². The number of hydrogen-bond acceptors (Lipinski definition) is 3. The maximum atomic E-state index is 12.6. The van der Waals surface area contributed by atoms with Crippen molar-refractivity contribution in [1.82, 2.24) is 9.78 Å². The Hall–Kier alpha value is -2.95. The first-order valence-corrected chi connectivity index (χ1v) is 7.42. The molecular formula is C18H17N3O2. The minimum absolute atomic E-state index is 0.262. The van der Waals surface area contributed by atoms with Gasteiger partial charge in [-0.15, -0.1) is 0 Å². The van der Waals surface area contributed by atoms with Crippen molar-refractivity contribution in [3.8, 4) is 0 Å². The normalized spacial score (nSPS) is 12.1. The molecule has 1 aromatic heterocycles. The van der Waals surface area contributed by atoms with E-state index in [9.17, 15) is 9.59 Å².